The Hall–Kier alpha value is -2.96. The van der Waals surface area contributed by atoms with E-state index in [0.717, 1.165) is 16.4 Å². The lowest BCUT2D eigenvalue weighted by molar-refractivity contribution is -0.137. The summed E-state index contributed by atoms with van der Waals surface area (Å²) in [5.74, 6) is -0.417. The highest BCUT2D eigenvalue weighted by Gasteiger charge is 2.36. The number of amides is 1. The lowest BCUT2D eigenvalue weighted by Crippen LogP contribution is -2.50. The Balaban J connectivity index is 1.46. The molecule has 8 nitrogen and oxygen atoms in total. The minimum absolute atomic E-state index is 0.0516. The van der Waals surface area contributed by atoms with Gasteiger partial charge in [0.25, 0.3) is 5.91 Å². The molecule has 2 heterocycles. The highest BCUT2D eigenvalue weighted by Crippen LogP contribution is 2.36. The molecule has 13 heteroatoms. The van der Waals surface area contributed by atoms with E-state index in [2.05, 4.69) is 10.2 Å². The first kappa shape index (κ1) is 23.2. The smallest absolute Gasteiger partial charge is 0.335 e. The number of hydrogen-bond acceptors (Lipinski definition) is 5. The van der Waals surface area contributed by atoms with Gasteiger partial charge in [-0.25, -0.2) is 8.42 Å². The van der Waals surface area contributed by atoms with E-state index < -0.39 is 37.6 Å². The summed E-state index contributed by atoms with van der Waals surface area (Å²) < 4.78 is 66.1. The van der Waals surface area contributed by atoms with E-state index in [1.807, 2.05) is 6.07 Å². The van der Waals surface area contributed by atoms with Crippen LogP contribution in [0.25, 0.3) is 5.69 Å². The molecule has 0 bridgehead atoms. The molecule has 0 atom stereocenters. The van der Waals surface area contributed by atoms with E-state index in [1.54, 1.807) is 24.3 Å². The molecular weight excluding hydrogens is 483 g/mol. The Morgan fingerprint density at radius 3 is 2.30 bits per heavy atom. The number of nitrogens with zero attached hydrogens (tertiary/aromatic N) is 5. The normalized spacial score (nSPS) is 15.6. The van der Waals surface area contributed by atoms with Crippen LogP contribution in [-0.2, 0) is 16.2 Å². The van der Waals surface area contributed by atoms with Crippen molar-refractivity contribution < 1.29 is 26.4 Å². The van der Waals surface area contributed by atoms with Crippen LogP contribution >= 0.6 is 11.6 Å². The second-order valence-corrected chi connectivity index (χ2v) is 9.54. The fourth-order valence-corrected chi connectivity index (χ4v) is 5.05. The SMILES string of the molecule is O=C(c1cnn(-c2ccccc2)n1)N1CCN(S(=O)(=O)c2ccc(Cl)c(C(F)(F)F)c2)CC1. The van der Waals surface area contributed by atoms with E-state index in [1.165, 1.54) is 15.9 Å². The van der Waals surface area contributed by atoms with Crippen molar-refractivity contribution in [1.29, 1.82) is 0 Å². The lowest BCUT2D eigenvalue weighted by Gasteiger charge is -2.33. The van der Waals surface area contributed by atoms with Crippen LogP contribution in [-0.4, -0.2) is 64.7 Å². The van der Waals surface area contributed by atoms with Crippen molar-refractivity contribution in [3.63, 3.8) is 0 Å². The summed E-state index contributed by atoms with van der Waals surface area (Å²) >= 11 is 5.58. The summed E-state index contributed by atoms with van der Waals surface area (Å²) in [6, 6.07) is 11.5. The van der Waals surface area contributed by atoms with E-state index in [4.69, 9.17) is 11.6 Å². The van der Waals surface area contributed by atoms with Crippen molar-refractivity contribution in [3.8, 4) is 5.69 Å². The first-order valence-corrected chi connectivity index (χ1v) is 11.5. The van der Waals surface area contributed by atoms with Crippen molar-refractivity contribution in [2.24, 2.45) is 0 Å². The van der Waals surface area contributed by atoms with Gasteiger partial charge in [-0.1, -0.05) is 29.8 Å². The average molecular weight is 500 g/mol. The molecule has 1 aliphatic heterocycles. The van der Waals surface area contributed by atoms with Crippen LogP contribution < -0.4 is 0 Å². The molecule has 1 saturated heterocycles. The number of alkyl halides is 3. The van der Waals surface area contributed by atoms with Gasteiger partial charge < -0.3 is 4.90 Å². The van der Waals surface area contributed by atoms with Gasteiger partial charge in [-0.2, -0.15) is 27.4 Å². The molecule has 0 aliphatic carbocycles. The molecule has 1 fully saturated rings. The van der Waals surface area contributed by atoms with E-state index in [0.29, 0.717) is 11.8 Å². The second kappa shape index (κ2) is 8.76. The first-order valence-electron chi connectivity index (χ1n) is 9.71. The van der Waals surface area contributed by atoms with Crippen LogP contribution in [0.2, 0.25) is 5.02 Å². The van der Waals surface area contributed by atoms with Crippen molar-refractivity contribution in [3.05, 3.63) is 71.0 Å². The Morgan fingerprint density at radius 1 is 1.00 bits per heavy atom. The third kappa shape index (κ3) is 4.72. The molecule has 174 valence electrons. The number of carbonyl (C=O) groups excluding carboxylic acids is 1. The van der Waals surface area contributed by atoms with Gasteiger partial charge in [-0.3, -0.25) is 4.79 Å². The number of rotatable bonds is 4. The Bertz CT molecular complexity index is 1270. The number of aromatic nitrogens is 3. The summed E-state index contributed by atoms with van der Waals surface area (Å²) in [5, 5.41) is 7.67. The number of benzene rings is 2. The molecule has 0 radical (unpaired) electrons. The lowest BCUT2D eigenvalue weighted by atomic mass is 10.2. The summed E-state index contributed by atoms with van der Waals surface area (Å²) in [5.41, 5.74) is -0.447. The minimum Gasteiger partial charge on any atom is -0.335 e. The fraction of sp³-hybridized carbons (Fsp3) is 0.250. The molecule has 0 saturated carbocycles. The number of hydrogen-bond donors (Lipinski definition) is 0. The second-order valence-electron chi connectivity index (χ2n) is 7.19. The number of carbonyl (C=O) groups is 1. The third-order valence-corrected chi connectivity index (χ3v) is 7.33. The van der Waals surface area contributed by atoms with Gasteiger partial charge in [0, 0.05) is 26.2 Å². The molecule has 1 amide bonds. The van der Waals surface area contributed by atoms with Gasteiger partial charge in [0.15, 0.2) is 5.69 Å². The molecule has 0 unspecified atom stereocenters. The van der Waals surface area contributed by atoms with Crippen LogP contribution in [0.1, 0.15) is 16.1 Å². The zero-order valence-electron chi connectivity index (χ0n) is 16.9. The molecule has 1 aromatic heterocycles. The summed E-state index contributed by atoms with van der Waals surface area (Å²) in [7, 11) is -4.20. The molecule has 4 rings (SSSR count). The molecule has 1 aliphatic rings. The van der Waals surface area contributed by atoms with Crippen molar-refractivity contribution in [2.75, 3.05) is 26.2 Å². The minimum atomic E-state index is -4.79. The quantitative estimate of drug-likeness (QED) is 0.550. The number of piperazine rings is 1. The van der Waals surface area contributed by atoms with Crippen molar-refractivity contribution in [2.45, 2.75) is 11.1 Å². The van der Waals surface area contributed by atoms with Gasteiger partial charge in [-0.05, 0) is 30.3 Å². The van der Waals surface area contributed by atoms with Crippen molar-refractivity contribution in [1.82, 2.24) is 24.2 Å². The molecular formula is C20H17ClF3N5O3S. The number of sulfonamides is 1. The topological polar surface area (TPSA) is 88.4 Å². The summed E-state index contributed by atoms with van der Waals surface area (Å²) in [6.45, 7) is -0.0539. The number of halogens is 4. The Labute approximate surface area is 192 Å². The highest BCUT2D eigenvalue weighted by atomic mass is 35.5. The third-order valence-electron chi connectivity index (χ3n) is 5.10. The van der Waals surface area contributed by atoms with Crippen LogP contribution in [0.15, 0.2) is 59.6 Å². The van der Waals surface area contributed by atoms with Crippen LogP contribution in [0.5, 0.6) is 0 Å². The van der Waals surface area contributed by atoms with E-state index in [-0.39, 0.29) is 31.9 Å². The molecule has 33 heavy (non-hydrogen) atoms. The maximum Gasteiger partial charge on any atom is 0.417 e. The van der Waals surface area contributed by atoms with Gasteiger partial charge in [0.1, 0.15) is 0 Å². The average Bonchev–Trinajstić information content (AvgIpc) is 3.29. The monoisotopic (exact) mass is 499 g/mol. The largest absolute Gasteiger partial charge is 0.417 e. The predicted octanol–water partition coefficient (Wildman–Crippen LogP) is 3.09. The highest BCUT2D eigenvalue weighted by molar-refractivity contribution is 7.89. The maximum absolute atomic E-state index is 13.1. The van der Waals surface area contributed by atoms with Gasteiger partial charge in [-0.15, -0.1) is 5.10 Å². The van der Waals surface area contributed by atoms with Gasteiger partial charge in [0.05, 0.1) is 27.4 Å². The molecule has 3 aromatic rings. The van der Waals surface area contributed by atoms with Crippen LogP contribution in [0.4, 0.5) is 13.2 Å². The summed E-state index contributed by atoms with van der Waals surface area (Å²) in [6.07, 6.45) is -3.46. The van der Waals surface area contributed by atoms with Gasteiger partial charge in [0.2, 0.25) is 10.0 Å². The van der Waals surface area contributed by atoms with E-state index in [9.17, 15) is 26.4 Å². The fourth-order valence-electron chi connectivity index (χ4n) is 3.37. The Kier molecular flexibility index (Phi) is 6.16. The molecule has 0 spiro atoms. The van der Waals surface area contributed by atoms with Crippen LogP contribution in [0, 0.1) is 0 Å². The predicted molar refractivity (Wildman–Crippen MR) is 112 cm³/mol. The van der Waals surface area contributed by atoms with E-state index >= 15 is 0 Å². The maximum atomic E-state index is 13.1. The summed E-state index contributed by atoms with van der Waals surface area (Å²) in [4.78, 5) is 15.0. The Morgan fingerprint density at radius 2 is 1.67 bits per heavy atom. The standard InChI is InChI=1S/C20H17ClF3N5O3S/c21-17-7-6-15(12-16(17)20(22,23)24)33(31,32)28-10-8-27(9-11-28)19(30)18-13-25-29(26-18)14-4-2-1-3-5-14/h1-7,12-13H,8-11H2. The van der Waals surface area contributed by atoms with Gasteiger partial charge >= 0.3 is 6.18 Å². The van der Waals surface area contributed by atoms with Crippen molar-refractivity contribution >= 4 is 27.5 Å². The molecule has 2 aromatic carbocycles. The van der Waals surface area contributed by atoms with Crippen LogP contribution in [0.3, 0.4) is 0 Å². The zero-order chi connectivity index (χ0) is 23.8. The zero-order valence-corrected chi connectivity index (χ0v) is 18.5. The molecule has 0 N–H and O–H groups in total. The number of para-hydroxylation sites is 1. The first-order chi connectivity index (χ1) is 15.6.